The lowest BCUT2D eigenvalue weighted by Gasteiger charge is -2.33. The molecule has 2 aliphatic rings. The molecule has 2 aliphatic heterocycles. The van der Waals surface area contributed by atoms with Crippen molar-refractivity contribution in [1.29, 1.82) is 0 Å². The third-order valence-electron chi connectivity index (χ3n) is 4.24. The van der Waals surface area contributed by atoms with E-state index in [0.717, 1.165) is 16.7 Å². The second-order valence-corrected chi connectivity index (χ2v) is 7.80. The van der Waals surface area contributed by atoms with Gasteiger partial charge < -0.3 is 15.2 Å². The first-order valence-electron chi connectivity index (χ1n) is 8.27. The van der Waals surface area contributed by atoms with Crippen LogP contribution < -0.4 is 10.5 Å². The minimum Gasteiger partial charge on any atom is -0.462 e. The van der Waals surface area contributed by atoms with Crippen LogP contribution in [0.3, 0.4) is 0 Å². The number of aliphatic imine (C=N–C) groups is 1. The van der Waals surface area contributed by atoms with Gasteiger partial charge in [-0.05, 0) is 45.0 Å². The van der Waals surface area contributed by atoms with Crippen molar-refractivity contribution < 1.29 is 9.47 Å². The van der Waals surface area contributed by atoms with Gasteiger partial charge in [-0.1, -0.05) is 23.4 Å². The summed E-state index contributed by atoms with van der Waals surface area (Å²) in [6.07, 6.45) is 1.60. The third-order valence-corrected chi connectivity index (χ3v) is 4.44. The number of hydrogen-bond donors (Lipinski definition) is 1. The van der Waals surface area contributed by atoms with Crippen molar-refractivity contribution >= 4 is 17.6 Å². The highest BCUT2D eigenvalue weighted by atomic mass is 35.5. The van der Waals surface area contributed by atoms with E-state index in [1.54, 1.807) is 12.3 Å². The molecule has 0 saturated heterocycles. The number of pyridine rings is 1. The Hall–Kier alpha value is -2.71. The van der Waals surface area contributed by atoms with Gasteiger partial charge in [0.25, 0.3) is 6.02 Å². The lowest BCUT2D eigenvalue weighted by Crippen LogP contribution is -2.31. The van der Waals surface area contributed by atoms with Crippen LogP contribution in [0.1, 0.15) is 37.5 Å². The van der Waals surface area contributed by atoms with Gasteiger partial charge in [0.1, 0.15) is 17.5 Å². The summed E-state index contributed by atoms with van der Waals surface area (Å²) >= 11 is 6.12. The van der Waals surface area contributed by atoms with Crippen LogP contribution in [0.25, 0.3) is 0 Å². The summed E-state index contributed by atoms with van der Waals surface area (Å²) in [5, 5.41) is 0.361. The standard InChI is InChI=1S/C20H18ClN3O2/c1-19(2,3)7-6-12-4-5-15-13(8-12)20(11-25-18(22)24-20)14-9-17(21)23-10-16(14)26-15/h4-5,8-10H,11H2,1-3H3,(H2,22,24)/t20-/m1/s1. The largest absolute Gasteiger partial charge is 0.462 e. The molecule has 0 amide bonds. The number of fused-ring (bicyclic) bond motifs is 4. The molecule has 0 aliphatic carbocycles. The number of amidine groups is 1. The molecule has 6 heteroatoms. The van der Waals surface area contributed by atoms with Crippen LogP contribution in [0.15, 0.2) is 35.5 Å². The fourth-order valence-electron chi connectivity index (χ4n) is 3.07. The molecular formula is C20H18ClN3O2. The summed E-state index contributed by atoms with van der Waals surface area (Å²) in [6.45, 7) is 6.50. The van der Waals surface area contributed by atoms with Crippen molar-refractivity contribution in [2.24, 2.45) is 16.1 Å². The van der Waals surface area contributed by atoms with Gasteiger partial charge in [0.05, 0.1) is 6.20 Å². The molecular weight excluding hydrogens is 350 g/mol. The Labute approximate surface area is 157 Å². The van der Waals surface area contributed by atoms with Crippen molar-refractivity contribution in [3.8, 4) is 23.3 Å². The van der Waals surface area contributed by atoms with E-state index in [-0.39, 0.29) is 18.0 Å². The Balaban J connectivity index is 1.92. The van der Waals surface area contributed by atoms with Crippen molar-refractivity contribution in [3.63, 3.8) is 0 Å². The van der Waals surface area contributed by atoms with E-state index >= 15 is 0 Å². The van der Waals surface area contributed by atoms with Crippen LogP contribution in [0, 0.1) is 17.3 Å². The Morgan fingerprint density at radius 1 is 1.19 bits per heavy atom. The normalized spacial score (nSPS) is 20.2. The number of benzene rings is 1. The van der Waals surface area contributed by atoms with Gasteiger partial charge in [-0.3, -0.25) is 0 Å². The highest BCUT2D eigenvalue weighted by Gasteiger charge is 2.47. The molecule has 1 spiro atoms. The predicted molar refractivity (Wildman–Crippen MR) is 100 cm³/mol. The molecule has 0 fully saturated rings. The van der Waals surface area contributed by atoms with Crippen molar-refractivity contribution in [1.82, 2.24) is 4.98 Å². The molecule has 2 N–H and O–H groups in total. The third kappa shape index (κ3) is 2.77. The van der Waals surface area contributed by atoms with E-state index in [1.165, 1.54) is 0 Å². The van der Waals surface area contributed by atoms with Crippen LogP contribution in [-0.2, 0) is 10.3 Å². The minimum absolute atomic E-state index is 0.0884. The Morgan fingerprint density at radius 2 is 1.96 bits per heavy atom. The fraction of sp³-hybridized carbons (Fsp3) is 0.300. The maximum atomic E-state index is 6.12. The average molecular weight is 368 g/mol. The lowest BCUT2D eigenvalue weighted by molar-refractivity contribution is 0.264. The zero-order chi connectivity index (χ0) is 18.5. The van der Waals surface area contributed by atoms with Crippen molar-refractivity contribution in [2.75, 3.05) is 6.61 Å². The van der Waals surface area contributed by atoms with E-state index in [9.17, 15) is 0 Å². The zero-order valence-corrected chi connectivity index (χ0v) is 15.5. The monoisotopic (exact) mass is 367 g/mol. The van der Waals surface area contributed by atoms with E-state index in [2.05, 4.69) is 42.6 Å². The molecule has 2 aromatic rings. The summed E-state index contributed by atoms with van der Waals surface area (Å²) in [7, 11) is 0. The van der Waals surface area contributed by atoms with Crippen LogP contribution in [0.4, 0.5) is 0 Å². The topological polar surface area (TPSA) is 69.7 Å². The molecule has 0 bridgehead atoms. The van der Waals surface area contributed by atoms with Crippen LogP contribution in [-0.4, -0.2) is 17.6 Å². The average Bonchev–Trinajstić information content (AvgIpc) is 2.96. The number of nitrogens with zero attached hydrogens (tertiary/aromatic N) is 2. The molecule has 1 atom stereocenters. The zero-order valence-electron chi connectivity index (χ0n) is 14.8. The van der Waals surface area contributed by atoms with E-state index in [0.29, 0.717) is 16.7 Å². The molecule has 0 saturated carbocycles. The molecule has 1 aromatic heterocycles. The van der Waals surface area contributed by atoms with Crippen LogP contribution in [0.2, 0.25) is 5.15 Å². The van der Waals surface area contributed by atoms with Gasteiger partial charge in [-0.15, -0.1) is 0 Å². The van der Waals surface area contributed by atoms with Crippen LogP contribution in [0.5, 0.6) is 11.5 Å². The van der Waals surface area contributed by atoms with Gasteiger partial charge in [0.2, 0.25) is 0 Å². The smallest absolute Gasteiger partial charge is 0.283 e. The first-order valence-corrected chi connectivity index (χ1v) is 8.64. The molecule has 0 radical (unpaired) electrons. The highest BCUT2D eigenvalue weighted by Crippen LogP contribution is 2.51. The van der Waals surface area contributed by atoms with E-state index in [1.807, 2.05) is 18.2 Å². The van der Waals surface area contributed by atoms with Gasteiger partial charge in [0.15, 0.2) is 11.3 Å². The van der Waals surface area contributed by atoms with E-state index < -0.39 is 5.54 Å². The minimum atomic E-state index is -0.807. The summed E-state index contributed by atoms with van der Waals surface area (Å²) in [5.74, 6) is 7.75. The summed E-state index contributed by atoms with van der Waals surface area (Å²) < 4.78 is 11.5. The Kier molecular flexibility index (Phi) is 3.64. The first kappa shape index (κ1) is 16.7. The van der Waals surface area contributed by atoms with Gasteiger partial charge >= 0.3 is 0 Å². The summed E-state index contributed by atoms with van der Waals surface area (Å²) in [5.41, 5.74) is 7.48. The fourth-order valence-corrected chi connectivity index (χ4v) is 3.23. The number of rotatable bonds is 0. The van der Waals surface area contributed by atoms with E-state index in [4.69, 9.17) is 26.8 Å². The SMILES string of the molecule is CC(C)(C)C#Cc1ccc2c(c1)[C@]1(COC(N)=N1)c1cc(Cl)ncc1O2. The first-order chi connectivity index (χ1) is 12.3. The van der Waals surface area contributed by atoms with Gasteiger partial charge in [-0.2, -0.15) is 0 Å². The second kappa shape index (κ2) is 5.65. The summed E-state index contributed by atoms with van der Waals surface area (Å²) in [6, 6.07) is 7.70. The number of hydrogen-bond acceptors (Lipinski definition) is 5. The van der Waals surface area contributed by atoms with Crippen LogP contribution >= 0.6 is 11.6 Å². The number of ether oxygens (including phenoxy) is 2. The Morgan fingerprint density at radius 3 is 2.65 bits per heavy atom. The Bertz CT molecular complexity index is 998. The quantitative estimate of drug-likeness (QED) is 0.567. The lowest BCUT2D eigenvalue weighted by atomic mass is 9.81. The predicted octanol–water partition coefficient (Wildman–Crippen LogP) is 3.83. The summed E-state index contributed by atoms with van der Waals surface area (Å²) in [4.78, 5) is 8.72. The van der Waals surface area contributed by atoms with Crippen molar-refractivity contribution in [3.05, 3.63) is 52.3 Å². The number of halogens is 1. The van der Waals surface area contributed by atoms with Gasteiger partial charge in [-0.25, -0.2) is 9.98 Å². The second-order valence-electron chi connectivity index (χ2n) is 7.42. The molecule has 5 nitrogen and oxygen atoms in total. The number of nitrogens with two attached hydrogens (primary N) is 1. The van der Waals surface area contributed by atoms with Gasteiger partial charge in [0, 0.05) is 22.1 Å². The molecule has 1 aromatic carbocycles. The molecule has 132 valence electrons. The highest BCUT2D eigenvalue weighted by molar-refractivity contribution is 6.29. The number of aromatic nitrogens is 1. The van der Waals surface area contributed by atoms with Crippen molar-refractivity contribution in [2.45, 2.75) is 26.3 Å². The maximum absolute atomic E-state index is 6.12. The molecule has 4 rings (SSSR count). The molecule has 0 unspecified atom stereocenters. The molecule has 3 heterocycles. The molecule has 26 heavy (non-hydrogen) atoms. The maximum Gasteiger partial charge on any atom is 0.283 e.